The SMILES string of the molecule is CC(C)(C)c1ccc2c(c1)N(c1cc(-c3ccccc3)cc(-c3ccccc3)c1)c1cccc3c1B2c1ccc(C(C)(C)C)cc1N3c1c2c(cc3c1CCC3)CCC2. The second kappa shape index (κ2) is 13.4. The van der Waals surface area contributed by atoms with Crippen LogP contribution >= 0.6 is 0 Å². The van der Waals surface area contributed by atoms with E-state index < -0.39 is 0 Å². The summed E-state index contributed by atoms with van der Waals surface area (Å²) in [6.45, 7) is 14.2. The van der Waals surface area contributed by atoms with Crippen molar-refractivity contribution in [1.29, 1.82) is 0 Å². The molecule has 0 amide bonds. The van der Waals surface area contributed by atoms with Gasteiger partial charge in [0, 0.05) is 28.4 Å². The predicted molar refractivity (Wildman–Crippen MR) is 253 cm³/mol. The van der Waals surface area contributed by atoms with Crippen molar-refractivity contribution in [3.05, 3.63) is 173 Å². The number of benzene rings is 7. The molecule has 0 radical (unpaired) electrons. The lowest BCUT2D eigenvalue weighted by Crippen LogP contribution is -2.61. The first kappa shape index (κ1) is 36.3. The molecule has 2 aliphatic heterocycles. The number of fused-ring (bicyclic) bond motifs is 6. The number of aryl methyl sites for hydroxylation is 2. The van der Waals surface area contributed by atoms with Gasteiger partial charge in [0.15, 0.2) is 0 Å². The maximum atomic E-state index is 2.76. The Kier molecular flexibility index (Phi) is 8.22. The van der Waals surface area contributed by atoms with Crippen molar-refractivity contribution in [2.75, 3.05) is 9.80 Å². The van der Waals surface area contributed by atoms with Gasteiger partial charge in [0.1, 0.15) is 0 Å². The summed E-state index contributed by atoms with van der Waals surface area (Å²) in [5.74, 6) is 0. The molecule has 7 aromatic rings. The minimum absolute atomic E-state index is 0.0130. The van der Waals surface area contributed by atoms with Crippen LogP contribution in [0, 0.1) is 0 Å². The van der Waals surface area contributed by atoms with Crippen LogP contribution in [0.15, 0.2) is 140 Å². The third-order valence-electron chi connectivity index (χ3n) is 13.8. The molecule has 59 heavy (non-hydrogen) atoms. The van der Waals surface area contributed by atoms with Crippen molar-refractivity contribution < 1.29 is 0 Å². The summed E-state index contributed by atoms with van der Waals surface area (Å²) in [5.41, 5.74) is 26.1. The molecule has 2 aliphatic carbocycles. The fourth-order valence-electron chi connectivity index (χ4n) is 10.8. The Bertz CT molecular complexity index is 2710. The van der Waals surface area contributed by atoms with Gasteiger partial charge in [-0.15, -0.1) is 0 Å². The summed E-state index contributed by atoms with van der Waals surface area (Å²) in [7, 11) is 0. The van der Waals surface area contributed by atoms with Gasteiger partial charge in [0.2, 0.25) is 0 Å². The molecular formula is C56H53BN2. The highest BCUT2D eigenvalue weighted by Crippen LogP contribution is 2.50. The Balaban J connectivity index is 1.23. The molecule has 4 aliphatic rings. The van der Waals surface area contributed by atoms with Crippen LogP contribution in [0.5, 0.6) is 0 Å². The lowest BCUT2D eigenvalue weighted by atomic mass is 9.33. The van der Waals surface area contributed by atoms with E-state index in [9.17, 15) is 0 Å². The van der Waals surface area contributed by atoms with E-state index in [4.69, 9.17) is 0 Å². The van der Waals surface area contributed by atoms with Crippen LogP contribution in [0.25, 0.3) is 22.3 Å². The maximum Gasteiger partial charge on any atom is 0.252 e. The minimum Gasteiger partial charge on any atom is -0.311 e. The third-order valence-corrected chi connectivity index (χ3v) is 13.8. The van der Waals surface area contributed by atoms with E-state index >= 15 is 0 Å². The molecule has 0 bridgehead atoms. The van der Waals surface area contributed by atoms with Crippen molar-refractivity contribution >= 4 is 57.2 Å². The number of anilines is 6. The lowest BCUT2D eigenvalue weighted by Gasteiger charge is -2.45. The van der Waals surface area contributed by atoms with Gasteiger partial charge >= 0.3 is 0 Å². The Morgan fingerprint density at radius 1 is 0.424 bits per heavy atom. The van der Waals surface area contributed by atoms with E-state index in [1.54, 1.807) is 22.3 Å². The molecule has 3 heteroatoms. The van der Waals surface area contributed by atoms with Crippen molar-refractivity contribution in [2.24, 2.45) is 0 Å². The average Bonchev–Trinajstić information content (AvgIpc) is 3.92. The molecule has 0 atom stereocenters. The Labute approximate surface area is 351 Å². The van der Waals surface area contributed by atoms with Gasteiger partial charge in [0.25, 0.3) is 6.71 Å². The van der Waals surface area contributed by atoms with Gasteiger partial charge in [-0.2, -0.15) is 0 Å². The number of nitrogens with zero attached hydrogens (tertiary/aromatic N) is 2. The van der Waals surface area contributed by atoms with Crippen LogP contribution in [0.4, 0.5) is 34.1 Å². The van der Waals surface area contributed by atoms with Crippen molar-refractivity contribution in [3.63, 3.8) is 0 Å². The zero-order chi connectivity index (χ0) is 40.2. The second-order valence-corrected chi connectivity index (χ2v) is 19.6. The molecule has 290 valence electrons. The van der Waals surface area contributed by atoms with E-state index in [2.05, 4.69) is 191 Å². The van der Waals surface area contributed by atoms with Gasteiger partial charge in [-0.3, -0.25) is 0 Å². The first-order chi connectivity index (χ1) is 28.5. The van der Waals surface area contributed by atoms with Crippen LogP contribution < -0.4 is 26.2 Å². The average molecular weight is 765 g/mol. The zero-order valence-corrected chi connectivity index (χ0v) is 35.5. The van der Waals surface area contributed by atoms with Gasteiger partial charge in [0.05, 0.1) is 5.69 Å². The van der Waals surface area contributed by atoms with Crippen LogP contribution in [0.1, 0.15) is 87.8 Å². The fourth-order valence-corrected chi connectivity index (χ4v) is 10.8. The summed E-state index contributed by atoms with van der Waals surface area (Å²) in [6, 6.07) is 53.7. The van der Waals surface area contributed by atoms with Crippen molar-refractivity contribution in [2.45, 2.75) is 90.9 Å². The number of hydrogen-bond acceptors (Lipinski definition) is 2. The first-order valence-electron chi connectivity index (χ1n) is 22.0. The van der Waals surface area contributed by atoms with Crippen molar-refractivity contribution in [3.8, 4) is 22.3 Å². The molecule has 0 saturated carbocycles. The molecule has 7 aromatic carbocycles. The Hall–Kier alpha value is -5.80. The van der Waals surface area contributed by atoms with E-state index in [1.807, 2.05) is 0 Å². The number of hydrogen-bond donors (Lipinski definition) is 0. The minimum atomic E-state index is -0.0130. The molecule has 0 spiro atoms. The smallest absolute Gasteiger partial charge is 0.252 e. The van der Waals surface area contributed by atoms with Gasteiger partial charge in [-0.05, 0) is 164 Å². The summed E-state index contributed by atoms with van der Waals surface area (Å²) in [4.78, 5) is 5.38. The number of rotatable bonds is 4. The summed E-state index contributed by atoms with van der Waals surface area (Å²) in [5, 5.41) is 0. The Morgan fingerprint density at radius 3 is 1.42 bits per heavy atom. The largest absolute Gasteiger partial charge is 0.311 e. The van der Waals surface area contributed by atoms with Crippen LogP contribution in [-0.2, 0) is 36.5 Å². The van der Waals surface area contributed by atoms with Gasteiger partial charge in [-0.1, -0.05) is 139 Å². The van der Waals surface area contributed by atoms with E-state index in [0.29, 0.717) is 0 Å². The van der Waals surface area contributed by atoms with E-state index in [1.165, 1.54) is 110 Å². The molecule has 11 rings (SSSR count). The molecule has 2 heterocycles. The second-order valence-electron chi connectivity index (χ2n) is 19.6. The molecule has 0 fully saturated rings. The van der Waals surface area contributed by atoms with Gasteiger partial charge in [-0.25, -0.2) is 0 Å². The Morgan fingerprint density at radius 2 is 0.915 bits per heavy atom. The molecule has 0 saturated heterocycles. The summed E-state index contributed by atoms with van der Waals surface area (Å²) >= 11 is 0. The zero-order valence-electron chi connectivity index (χ0n) is 35.5. The van der Waals surface area contributed by atoms with Crippen LogP contribution in [0.3, 0.4) is 0 Å². The summed E-state index contributed by atoms with van der Waals surface area (Å²) in [6.07, 6.45) is 7.16. The molecule has 0 aromatic heterocycles. The topological polar surface area (TPSA) is 6.48 Å². The predicted octanol–water partition coefficient (Wildman–Crippen LogP) is 12.7. The lowest BCUT2D eigenvalue weighted by molar-refractivity contribution is 0.590. The maximum absolute atomic E-state index is 2.76. The molecule has 2 nitrogen and oxygen atoms in total. The third kappa shape index (κ3) is 5.83. The standard InChI is InChI=1S/C56H53BN2/c1-55(2,3)42-26-28-47-51(34-42)58(44-32-40(36-16-9-7-10-17-36)31-41(33-44)37-18-11-8-12-19-37)49-24-15-25-50-53(49)57(47)48-29-27-43(56(4,5)6)35-52(48)59(50)54-45-22-13-20-38(45)30-39-21-14-23-46(39)54/h7-12,15-19,24-35H,13-14,20-23H2,1-6H3. The van der Waals surface area contributed by atoms with Gasteiger partial charge < -0.3 is 9.80 Å². The fraction of sp³-hybridized carbons (Fsp3) is 0.250. The van der Waals surface area contributed by atoms with E-state index in [0.717, 1.165) is 12.8 Å². The van der Waals surface area contributed by atoms with Crippen molar-refractivity contribution in [1.82, 2.24) is 0 Å². The summed E-state index contributed by atoms with van der Waals surface area (Å²) < 4.78 is 0. The molecular weight excluding hydrogens is 711 g/mol. The van der Waals surface area contributed by atoms with Crippen LogP contribution in [-0.4, -0.2) is 6.71 Å². The monoisotopic (exact) mass is 764 g/mol. The van der Waals surface area contributed by atoms with Crippen LogP contribution in [0.2, 0.25) is 0 Å². The molecule has 0 unspecified atom stereocenters. The quantitative estimate of drug-likeness (QED) is 0.165. The first-order valence-corrected chi connectivity index (χ1v) is 22.0. The highest BCUT2D eigenvalue weighted by atomic mass is 15.2. The normalized spacial score (nSPS) is 15.1. The highest BCUT2D eigenvalue weighted by molar-refractivity contribution is 7.00. The highest BCUT2D eigenvalue weighted by Gasteiger charge is 2.45. The van der Waals surface area contributed by atoms with E-state index in [-0.39, 0.29) is 17.5 Å². The molecule has 0 N–H and O–H groups in total.